The van der Waals surface area contributed by atoms with Gasteiger partial charge < -0.3 is 24.8 Å². The van der Waals surface area contributed by atoms with E-state index in [4.69, 9.17) is 9.47 Å². The Kier molecular flexibility index (Phi) is 6.22. The minimum atomic E-state index is -0.740. The number of aliphatic hydroxyl groups excluding tert-OH is 2. The first-order valence-electron chi connectivity index (χ1n) is 15.5. The Hall–Kier alpha value is -1.18. The summed E-state index contributed by atoms with van der Waals surface area (Å²) < 4.78 is 11.4. The van der Waals surface area contributed by atoms with Crippen LogP contribution in [0.25, 0.3) is 0 Å². The van der Waals surface area contributed by atoms with Gasteiger partial charge in [-0.3, -0.25) is 4.79 Å². The molecule has 0 aromatic heterocycles. The lowest BCUT2D eigenvalue weighted by Crippen LogP contribution is -2.67. The van der Waals surface area contributed by atoms with Crippen molar-refractivity contribution in [2.24, 2.45) is 56.7 Å². The third-order valence-corrected chi connectivity index (χ3v) is 14.6. The number of carboxylic acids is 1. The van der Waals surface area contributed by atoms with E-state index in [0.717, 1.165) is 51.4 Å². The van der Waals surface area contributed by atoms with Crippen LogP contribution in [-0.2, 0) is 19.1 Å². The Balaban J connectivity index is 1.36. The number of hydrogen-bond donors (Lipinski definition) is 3. The van der Waals surface area contributed by atoms with Crippen LogP contribution in [0.4, 0.5) is 0 Å². The summed E-state index contributed by atoms with van der Waals surface area (Å²) in [6.07, 6.45) is 9.19. The number of epoxide rings is 1. The number of carbonyl (C=O) groups excluding carboxylic acids is 1. The number of carboxylic acid groups (broad SMARTS) is 1. The average Bonchev–Trinajstić information content (AvgIpc) is 3.56. The molecular formula is C32H50O7. The number of aliphatic hydroxyl groups is 2. The fourth-order valence-electron chi connectivity index (χ4n) is 12.3. The molecule has 5 saturated carbocycles. The van der Waals surface area contributed by atoms with Gasteiger partial charge in [-0.25, -0.2) is 4.79 Å². The van der Waals surface area contributed by atoms with Crippen LogP contribution in [0.3, 0.4) is 0 Å². The predicted octanol–water partition coefficient (Wildman–Crippen LogP) is 4.82. The zero-order chi connectivity index (χ0) is 28.2. The van der Waals surface area contributed by atoms with E-state index in [1.165, 1.54) is 0 Å². The van der Waals surface area contributed by atoms with E-state index in [-0.39, 0.29) is 52.1 Å². The molecule has 6 rings (SSSR count). The Morgan fingerprint density at radius 3 is 2.21 bits per heavy atom. The van der Waals surface area contributed by atoms with Crippen LogP contribution in [0.2, 0.25) is 0 Å². The molecular weight excluding hydrogens is 496 g/mol. The normalized spacial score (nSPS) is 53.5. The van der Waals surface area contributed by atoms with Crippen LogP contribution >= 0.6 is 0 Å². The molecule has 0 bridgehead atoms. The molecule has 1 aliphatic heterocycles. The van der Waals surface area contributed by atoms with Gasteiger partial charge in [0.1, 0.15) is 18.8 Å². The van der Waals surface area contributed by atoms with E-state index in [2.05, 4.69) is 34.6 Å². The van der Waals surface area contributed by atoms with Gasteiger partial charge in [0.15, 0.2) is 0 Å². The zero-order valence-corrected chi connectivity index (χ0v) is 24.6. The highest BCUT2D eigenvalue weighted by molar-refractivity contribution is 5.76. The van der Waals surface area contributed by atoms with Gasteiger partial charge in [0.05, 0.1) is 18.1 Å². The van der Waals surface area contributed by atoms with Crippen molar-refractivity contribution in [2.45, 2.75) is 111 Å². The molecule has 0 radical (unpaired) electrons. The van der Waals surface area contributed by atoms with Crippen LogP contribution in [0.1, 0.15) is 98.8 Å². The molecule has 6 fully saturated rings. The van der Waals surface area contributed by atoms with Gasteiger partial charge in [0.2, 0.25) is 0 Å². The molecule has 220 valence electrons. The minimum Gasteiger partial charge on any atom is -0.481 e. The van der Waals surface area contributed by atoms with Gasteiger partial charge in [-0.15, -0.1) is 0 Å². The van der Waals surface area contributed by atoms with Gasteiger partial charge in [-0.2, -0.15) is 0 Å². The van der Waals surface area contributed by atoms with Crippen LogP contribution in [-0.4, -0.2) is 58.8 Å². The van der Waals surface area contributed by atoms with Crippen molar-refractivity contribution in [1.29, 1.82) is 0 Å². The van der Waals surface area contributed by atoms with Crippen LogP contribution in [0.5, 0.6) is 0 Å². The second-order valence-corrected chi connectivity index (χ2v) is 15.8. The summed E-state index contributed by atoms with van der Waals surface area (Å²) in [6, 6.07) is 0. The highest BCUT2D eigenvalue weighted by Gasteiger charge is 2.74. The first-order chi connectivity index (χ1) is 18.2. The van der Waals surface area contributed by atoms with Crippen molar-refractivity contribution in [3.63, 3.8) is 0 Å². The first-order valence-corrected chi connectivity index (χ1v) is 15.5. The van der Waals surface area contributed by atoms with Crippen molar-refractivity contribution < 1.29 is 34.4 Å². The second kappa shape index (κ2) is 8.67. The molecule has 11 atom stereocenters. The summed E-state index contributed by atoms with van der Waals surface area (Å²) in [7, 11) is 0. The molecule has 1 heterocycles. The molecule has 5 unspecified atom stereocenters. The smallest absolute Gasteiger partial charge is 0.331 e. The van der Waals surface area contributed by atoms with Crippen LogP contribution in [0.15, 0.2) is 0 Å². The monoisotopic (exact) mass is 546 g/mol. The number of aliphatic carboxylic acids is 1. The summed E-state index contributed by atoms with van der Waals surface area (Å²) in [5.74, 6) is 0.0685. The van der Waals surface area contributed by atoms with Crippen molar-refractivity contribution in [3.05, 3.63) is 0 Å². The fourth-order valence-corrected chi connectivity index (χ4v) is 12.3. The number of carbonyl (C=O) groups is 2. The quantitative estimate of drug-likeness (QED) is 0.334. The van der Waals surface area contributed by atoms with Gasteiger partial charge in [-0.05, 0) is 115 Å². The van der Waals surface area contributed by atoms with Crippen molar-refractivity contribution in [2.75, 3.05) is 19.8 Å². The Labute approximate surface area is 233 Å². The summed E-state index contributed by atoms with van der Waals surface area (Å²) in [4.78, 5) is 24.9. The molecule has 1 saturated heterocycles. The summed E-state index contributed by atoms with van der Waals surface area (Å²) in [5, 5.41) is 30.9. The third kappa shape index (κ3) is 3.51. The van der Waals surface area contributed by atoms with Gasteiger partial charge in [-0.1, -0.05) is 34.6 Å². The van der Waals surface area contributed by atoms with E-state index >= 15 is 0 Å². The molecule has 0 aromatic rings. The maximum Gasteiger partial charge on any atom is 0.331 e. The predicted molar refractivity (Wildman–Crippen MR) is 145 cm³/mol. The minimum absolute atomic E-state index is 0.00278. The maximum atomic E-state index is 13.1. The SMILES string of the molecule is CC1(C)C2CC[C@]3(C)C(CCC4C5[C@H](C6(COC(=O)CO)CO6)CC[C@]5(C(=O)O)CC[C@]43C)[C@@]2(C)CC[C@H]1O. The largest absolute Gasteiger partial charge is 0.481 e. The number of rotatable bonds is 5. The third-order valence-electron chi connectivity index (χ3n) is 14.6. The molecule has 5 aliphatic carbocycles. The molecule has 7 nitrogen and oxygen atoms in total. The molecule has 7 heteroatoms. The van der Waals surface area contributed by atoms with E-state index in [0.29, 0.717) is 31.3 Å². The molecule has 6 aliphatic rings. The molecule has 3 N–H and O–H groups in total. The lowest BCUT2D eigenvalue weighted by atomic mass is 9.32. The standard InChI is InChI=1S/C32H50O7/c1-27(2)21-9-12-30(5)22(28(21,3)11-10-23(27)34)7-6-19-25-20(32(18-39-32)17-38-24(35)16-33)8-13-31(25,26(36)37)15-14-29(19,30)4/h19-23,25,33-34H,6-18H2,1-5H3,(H,36,37)/t19?,20-,21?,22?,23-,25?,28+,29-,30-,31+,32?/m1/s1. The van der Waals surface area contributed by atoms with E-state index < -0.39 is 29.6 Å². The van der Waals surface area contributed by atoms with Gasteiger partial charge >= 0.3 is 11.9 Å². The Bertz CT molecular complexity index is 1040. The van der Waals surface area contributed by atoms with E-state index in [1.807, 2.05) is 0 Å². The van der Waals surface area contributed by atoms with Crippen molar-refractivity contribution >= 4 is 11.9 Å². The molecule has 39 heavy (non-hydrogen) atoms. The number of ether oxygens (including phenoxy) is 2. The number of esters is 1. The lowest BCUT2D eigenvalue weighted by Gasteiger charge is -2.72. The first kappa shape index (κ1) is 28.0. The molecule has 0 amide bonds. The summed E-state index contributed by atoms with van der Waals surface area (Å²) >= 11 is 0. The lowest BCUT2D eigenvalue weighted by molar-refractivity contribution is -0.250. The van der Waals surface area contributed by atoms with Gasteiger partial charge in [0, 0.05) is 0 Å². The maximum absolute atomic E-state index is 13.1. The van der Waals surface area contributed by atoms with Crippen molar-refractivity contribution in [1.82, 2.24) is 0 Å². The van der Waals surface area contributed by atoms with Crippen LogP contribution in [0, 0.1) is 56.7 Å². The molecule has 0 spiro atoms. The number of fused-ring (bicyclic) bond motifs is 7. The topological polar surface area (TPSA) is 117 Å². The second-order valence-electron chi connectivity index (χ2n) is 15.8. The molecule has 0 aromatic carbocycles. The van der Waals surface area contributed by atoms with Gasteiger partial charge in [0.25, 0.3) is 0 Å². The van der Waals surface area contributed by atoms with E-state index in [9.17, 15) is 24.9 Å². The van der Waals surface area contributed by atoms with Crippen molar-refractivity contribution in [3.8, 4) is 0 Å². The average molecular weight is 547 g/mol. The highest BCUT2D eigenvalue weighted by Crippen LogP contribution is 2.78. The Morgan fingerprint density at radius 1 is 0.846 bits per heavy atom. The Morgan fingerprint density at radius 2 is 1.56 bits per heavy atom. The van der Waals surface area contributed by atoms with Crippen LogP contribution < -0.4 is 0 Å². The zero-order valence-electron chi connectivity index (χ0n) is 24.6. The summed E-state index contributed by atoms with van der Waals surface area (Å²) in [5.41, 5.74) is -1.13. The fraction of sp³-hybridized carbons (Fsp3) is 0.938. The van der Waals surface area contributed by atoms with E-state index in [1.54, 1.807) is 0 Å². The highest BCUT2D eigenvalue weighted by atomic mass is 16.6. The summed E-state index contributed by atoms with van der Waals surface area (Å²) in [6.45, 7) is 12.0. The number of hydrogen-bond acceptors (Lipinski definition) is 6.